The number of fused-ring (bicyclic) bond motifs is 1. The zero-order valence-electron chi connectivity index (χ0n) is 17.1. The van der Waals surface area contributed by atoms with Crippen LogP contribution in [0.5, 0.6) is 5.75 Å². The fraction of sp³-hybridized carbons (Fsp3) is 0.429. The molecule has 2 aromatic heterocycles. The molecule has 5 nitrogen and oxygen atoms in total. The number of methoxy groups -OCH3 is 1. The van der Waals surface area contributed by atoms with Crippen LogP contribution in [0.15, 0.2) is 29.6 Å². The molecule has 3 aromatic rings. The van der Waals surface area contributed by atoms with Crippen LogP contribution in [0, 0.1) is 6.92 Å². The molecule has 0 amide bonds. The van der Waals surface area contributed by atoms with Crippen LogP contribution in [0.25, 0.3) is 16.9 Å². The molecule has 0 fully saturated rings. The molecule has 7 heteroatoms. The number of benzene rings is 1. The topological polar surface area (TPSA) is 42.7 Å². The molecule has 150 valence electrons. The Labute approximate surface area is 176 Å². The number of aromatic nitrogens is 3. The number of anilines is 1. The van der Waals surface area contributed by atoms with Gasteiger partial charge in [0.05, 0.1) is 17.7 Å². The molecule has 2 heterocycles. The van der Waals surface area contributed by atoms with Gasteiger partial charge in [0.15, 0.2) is 5.65 Å². The van der Waals surface area contributed by atoms with E-state index >= 15 is 0 Å². The number of thioether (sulfide) groups is 1. The largest absolute Gasteiger partial charge is 0.496 e. The van der Waals surface area contributed by atoms with Gasteiger partial charge < -0.3 is 9.64 Å². The summed E-state index contributed by atoms with van der Waals surface area (Å²) in [5.74, 6) is 1.83. The van der Waals surface area contributed by atoms with Crippen LogP contribution in [0.3, 0.4) is 0 Å². The van der Waals surface area contributed by atoms with Gasteiger partial charge in [0.1, 0.15) is 22.3 Å². The van der Waals surface area contributed by atoms with E-state index in [1.165, 1.54) is 0 Å². The molecular weight excluding hydrogens is 392 g/mol. The SMILES string of the molecule is CCCN(CCC)c1c(SC)nc2c(-c3c(Cl)cc(C)cc3OC)nccn12. The molecule has 0 saturated carbocycles. The molecule has 1 aromatic carbocycles. The van der Waals surface area contributed by atoms with E-state index in [1.807, 2.05) is 31.5 Å². The second-order valence-electron chi connectivity index (χ2n) is 6.73. The molecule has 3 rings (SSSR count). The Kier molecular flexibility index (Phi) is 6.73. The third-order valence-corrected chi connectivity index (χ3v) is 5.58. The van der Waals surface area contributed by atoms with E-state index in [2.05, 4.69) is 34.4 Å². The highest BCUT2D eigenvalue weighted by Crippen LogP contribution is 2.40. The number of rotatable bonds is 8. The molecule has 28 heavy (non-hydrogen) atoms. The van der Waals surface area contributed by atoms with Crippen molar-refractivity contribution in [2.75, 3.05) is 31.4 Å². The standard InChI is InChI=1S/C21H27ClN4OS/c1-6-9-25(10-7-2)21-20(28-5)24-19-18(23-8-11-26(19)21)17-15(22)12-14(3)13-16(17)27-4/h8,11-13H,6-7,9-10H2,1-5H3. The third-order valence-electron chi connectivity index (χ3n) is 4.62. The van der Waals surface area contributed by atoms with Gasteiger partial charge in [-0.3, -0.25) is 9.38 Å². The summed E-state index contributed by atoms with van der Waals surface area (Å²) in [5.41, 5.74) is 3.35. The van der Waals surface area contributed by atoms with Crippen molar-refractivity contribution in [1.29, 1.82) is 0 Å². The minimum absolute atomic E-state index is 0.617. The first kappa shape index (κ1) is 20.8. The second-order valence-corrected chi connectivity index (χ2v) is 7.93. The Morgan fingerprint density at radius 1 is 1.21 bits per heavy atom. The summed E-state index contributed by atoms with van der Waals surface area (Å²) in [6.45, 7) is 8.38. The summed E-state index contributed by atoms with van der Waals surface area (Å²) in [7, 11) is 1.66. The molecule has 0 N–H and O–H groups in total. The van der Waals surface area contributed by atoms with Crippen LogP contribution >= 0.6 is 23.4 Å². The van der Waals surface area contributed by atoms with Crippen LogP contribution in [-0.2, 0) is 0 Å². The maximum Gasteiger partial charge on any atom is 0.166 e. The predicted octanol–water partition coefficient (Wildman–Crippen LogP) is 5.72. The first-order chi connectivity index (χ1) is 13.5. The molecule has 0 radical (unpaired) electrons. The molecular formula is C21H27ClN4OS. The average Bonchev–Trinajstić information content (AvgIpc) is 3.06. The van der Waals surface area contributed by atoms with E-state index in [9.17, 15) is 0 Å². The molecule has 0 unspecified atom stereocenters. The van der Waals surface area contributed by atoms with Gasteiger partial charge in [-0.05, 0) is 43.7 Å². The molecule has 0 aliphatic carbocycles. The second kappa shape index (κ2) is 9.05. The number of ether oxygens (including phenoxy) is 1. The highest BCUT2D eigenvalue weighted by atomic mass is 35.5. The number of nitrogens with zero attached hydrogens (tertiary/aromatic N) is 4. The van der Waals surface area contributed by atoms with Crippen LogP contribution in [0.4, 0.5) is 5.82 Å². The lowest BCUT2D eigenvalue weighted by Crippen LogP contribution is -2.26. The Balaban J connectivity index is 2.29. The monoisotopic (exact) mass is 418 g/mol. The molecule has 0 bridgehead atoms. The van der Waals surface area contributed by atoms with E-state index in [0.29, 0.717) is 10.8 Å². The summed E-state index contributed by atoms with van der Waals surface area (Å²) in [4.78, 5) is 12.0. The number of imidazole rings is 1. The summed E-state index contributed by atoms with van der Waals surface area (Å²) in [6.07, 6.45) is 8.01. The van der Waals surface area contributed by atoms with Gasteiger partial charge in [0.25, 0.3) is 0 Å². The maximum absolute atomic E-state index is 6.62. The van der Waals surface area contributed by atoms with Gasteiger partial charge in [0, 0.05) is 25.5 Å². The highest BCUT2D eigenvalue weighted by molar-refractivity contribution is 7.98. The van der Waals surface area contributed by atoms with Crippen molar-refractivity contribution in [3.05, 3.63) is 35.1 Å². The maximum atomic E-state index is 6.62. The average molecular weight is 419 g/mol. The van der Waals surface area contributed by atoms with Crippen LogP contribution in [-0.4, -0.2) is 40.8 Å². The predicted molar refractivity (Wildman–Crippen MR) is 119 cm³/mol. The Bertz CT molecular complexity index is 967. The van der Waals surface area contributed by atoms with Crippen LogP contribution in [0.2, 0.25) is 5.02 Å². The van der Waals surface area contributed by atoms with Crippen molar-refractivity contribution in [3.8, 4) is 17.0 Å². The Morgan fingerprint density at radius 3 is 2.54 bits per heavy atom. The summed E-state index contributed by atoms with van der Waals surface area (Å²) in [5, 5.41) is 1.62. The van der Waals surface area contributed by atoms with Gasteiger partial charge >= 0.3 is 0 Å². The third kappa shape index (κ3) is 3.80. The summed E-state index contributed by atoms with van der Waals surface area (Å²) in [6, 6.07) is 3.91. The highest BCUT2D eigenvalue weighted by Gasteiger charge is 2.23. The summed E-state index contributed by atoms with van der Waals surface area (Å²) >= 11 is 8.27. The van der Waals surface area contributed by atoms with E-state index in [0.717, 1.165) is 59.2 Å². The first-order valence-electron chi connectivity index (χ1n) is 9.56. The van der Waals surface area contributed by atoms with E-state index < -0.39 is 0 Å². The lowest BCUT2D eigenvalue weighted by molar-refractivity contribution is 0.416. The van der Waals surface area contributed by atoms with Crippen LogP contribution < -0.4 is 9.64 Å². The van der Waals surface area contributed by atoms with E-state index in [4.69, 9.17) is 21.3 Å². The smallest absolute Gasteiger partial charge is 0.166 e. The molecule has 0 aliphatic heterocycles. The lowest BCUT2D eigenvalue weighted by Gasteiger charge is -2.24. The quantitative estimate of drug-likeness (QED) is 0.438. The van der Waals surface area contributed by atoms with E-state index in [1.54, 1.807) is 18.9 Å². The van der Waals surface area contributed by atoms with Gasteiger partial charge in [0.2, 0.25) is 0 Å². The van der Waals surface area contributed by atoms with Gasteiger partial charge in [-0.25, -0.2) is 4.98 Å². The van der Waals surface area contributed by atoms with Gasteiger partial charge in [-0.2, -0.15) is 0 Å². The fourth-order valence-corrected chi connectivity index (χ4v) is 4.45. The molecule has 0 atom stereocenters. The van der Waals surface area contributed by atoms with Crippen molar-refractivity contribution in [1.82, 2.24) is 14.4 Å². The van der Waals surface area contributed by atoms with Crippen molar-refractivity contribution >= 4 is 34.8 Å². The van der Waals surface area contributed by atoms with Gasteiger partial charge in [-0.15, -0.1) is 11.8 Å². The number of aryl methyl sites for hydroxylation is 1. The minimum atomic E-state index is 0.617. The number of hydrogen-bond acceptors (Lipinski definition) is 5. The van der Waals surface area contributed by atoms with Crippen LogP contribution in [0.1, 0.15) is 32.3 Å². The summed E-state index contributed by atoms with van der Waals surface area (Å²) < 4.78 is 7.76. The Hall–Kier alpha value is -1.92. The number of hydrogen-bond donors (Lipinski definition) is 0. The minimum Gasteiger partial charge on any atom is -0.496 e. The van der Waals surface area contributed by atoms with Gasteiger partial charge in [-0.1, -0.05) is 25.4 Å². The Morgan fingerprint density at radius 2 is 1.93 bits per heavy atom. The lowest BCUT2D eigenvalue weighted by atomic mass is 10.1. The number of halogens is 1. The first-order valence-corrected chi connectivity index (χ1v) is 11.2. The van der Waals surface area contributed by atoms with Crippen molar-refractivity contribution in [2.45, 2.75) is 38.6 Å². The fourth-order valence-electron chi connectivity index (χ4n) is 3.51. The molecule has 0 aliphatic rings. The van der Waals surface area contributed by atoms with Crippen molar-refractivity contribution < 1.29 is 4.74 Å². The normalized spacial score (nSPS) is 11.2. The zero-order valence-corrected chi connectivity index (χ0v) is 18.7. The van der Waals surface area contributed by atoms with Crippen molar-refractivity contribution in [2.24, 2.45) is 0 Å². The molecule has 0 spiro atoms. The molecule has 0 saturated heterocycles. The zero-order chi connectivity index (χ0) is 20.3. The van der Waals surface area contributed by atoms with E-state index in [-0.39, 0.29) is 0 Å². The van der Waals surface area contributed by atoms with Crippen molar-refractivity contribution in [3.63, 3.8) is 0 Å².